The van der Waals surface area contributed by atoms with E-state index in [0.29, 0.717) is 0 Å². The highest BCUT2D eigenvalue weighted by Gasteiger charge is 2.39. The highest BCUT2D eigenvalue weighted by atomic mass is 31.1. The molecule has 148 valence electrons. The summed E-state index contributed by atoms with van der Waals surface area (Å²) >= 11 is 0. The summed E-state index contributed by atoms with van der Waals surface area (Å²) in [5.74, 6) is 0.973. The first-order valence-electron chi connectivity index (χ1n) is 9.76. The van der Waals surface area contributed by atoms with Gasteiger partial charge >= 0.3 is 0 Å². The maximum Gasteiger partial charge on any atom is 0.188 e. The molecule has 3 rings (SSSR count). The van der Waals surface area contributed by atoms with E-state index in [4.69, 9.17) is 9.47 Å². The minimum absolute atomic E-state index is 0.0198. The fourth-order valence-corrected chi connectivity index (χ4v) is 6.80. The lowest BCUT2D eigenvalue weighted by atomic mass is 9.86. The van der Waals surface area contributed by atoms with E-state index >= 15 is 0 Å². The highest BCUT2D eigenvalue weighted by molar-refractivity contribution is 7.75. The minimum Gasteiger partial charge on any atom is -0.467 e. The predicted octanol–water partition coefficient (Wildman–Crippen LogP) is 5.67. The molecule has 0 bridgehead atoms. The zero-order chi connectivity index (χ0) is 20.4. The molecule has 2 aromatic rings. The Labute approximate surface area is 171 Å². The number of para-hydroxylation sites is 1. The number of rotatable bonds is 6. The number of benzene rings is 2. The molecule has 2 unspecified atom stereocenters. The van der Waals surface area contributed by atoms with Crippen molar-refractivity contribution in [2.75, 3.05) is 13.9 Å². The molecule has 1 aliphatic rings. The molecule has 2 aromatic carbocycles. The van der Waals surface area contributed by atoms with E-state index in [-0.39, 0.29) is 17.4 Å². The highest BCUT2D eigenvalue weighted by Crippen LogP contribution is 2.56. The molecule has 1 aliphatic carbocycles. The summed E-state index contributed by atoms with van der Waals surface area (Å²) in [6, 6.07) is 17.5. The Balaban J connectivity index is 2.26. The van der Waals surface area contributed by atoms with Gasteiger partial charge in [0.05, 0.1) is 0 Å². The van der Waals surface area contributed by atoms with Crippen LogP contribution in [0, 0.1) is 0 Å². The Bertz CT molecular complexity index is 877. The van der Waals surface area contributed by atoms with Gasteiger partial charge in [0.2, 0.25) is 0 Å². The van der Waals surface area contributed by atoms with Crippen molar-refractivity contribution in [1.29, 1.82) is 0 Å². The van der Waals surface area contributed by atoms with Crippen LogP contribution in [0.25, 0.3) is 0 Å². The Morgan fingerprint density at radius 2 is 1.71 bits per heavy atom. The van der Waals surface area contributed by atoms with Crippen LogP contribution in [0.3, 0.4) is 0 Å². The number of methoxy groups -OCH3 is 1. The molecular formula is C25H31O2P. The van der Waals surface area contributed by atoms with Gasteiger partial charge in [0.15, 0.2) is 6.79 Å². The molecule has 0 fully saturated rings. The normalized spacial score (nSPS) is 20.1. The molecule has 0 spiro atoms. The Morgan fingerprint density at radius 1 is 1.00 bits per heavy atom. The standard InChI is InChI=1S/C25H31O2P/c1-19-12-11-17-25(19,5)28(20-13-8-7-9-14-20)22-16-10-15-21(24(2,3)4)23(22)27-18-26-6/h7-17H,18H2,1-6H3. The molecular weight excluding hydrogens is 363 g/mol. The van der Waals surface area contributed by atoms with Crippen LogP contribution in [0.15, 0.2) is 72.3 Å². The molecule has 2 nitrogen and oxygen atoms in total. The molecule has 0 aromatic heterocycles. The van der Waals surface area contributed by atoms with E-state index in [1.54, 1.807) is 7.11 Å². The maximum absolute atomic E-state index is 6.24. The molecule has 0 radical (unpaired) electrons. The van der Waals surface area contributed by atoms with Crippen molar-refractivity contribution < 1.29 is 9.47 Å². The van der Waals surface area contributed by atoms with E-state index in [0.717, 1.165) is 5.75 Å². The van der Waals surface area contributed by atoms with Crippen LogP contribution >= 0.6 is 7.92 Å². The number of hydrogen-bond acceptors (Lipinski definition) is 2. The third-order valence-corrected chi connectivity index (χ3v) is 8.49. The molecule has 0 saturated heterocycles. The second-order valence-electron chi connectivity index (χ2n) is 8.48. The van der Waals surface area contributed by atoms with E-state index in [1.165, 1.54) is 21.7 Å². The van der Waals surface area contributed by atoms with Crippen molar-refractivity contribution >= 4 is 18.5 Å². The average Bonchev–Trinajstić information content (AvgIpc) is 3.00. The molecule has 3 heteroatoms. The SMILES string of the molecule is COCOc1c(P(c2ccccc2)C2(C)C=CC=C2C)cccc1C(C)(C)C. The van der Waals surface area contributed by atoms with Crippen LogP contribution in [-0.4, -0.2) is 19.1 Å². The molecule has 0 amide bonds. The van der Waals surface area contributed by atoms with Crippen molar-refractivity contribution in [1.82, 2.24) is 0 Å². The lowest BCUT2D eigenvalue weighted by molar-refractivity contribution is 0.0506. The van der Waals surface area contributed by atoms with Crippen molar-refractivity contribution in [3.8, 4) is 5.75 Å². The van der Waals surface area contributed by atoms with E-state index in [9.17, 15) is 0 Å². The van der Waals surface area contributed by atoms with Crippen molar-refractivity contribution in [2.24, 2.45) is 0 Å². The quantitative estimate of drug-likeness (QED) is 0.464. The van der Waals surface area contributed by atoms with Crippen LogP contribution in [-0.2, 0) is 10.2 Å². The zero-order valence-corrected chi connectivity index (χ0v) is 18.7. The van der Waals surface area contributed by atoms with Gasteiger partial charge in [-0.15, -0.1) is 0 Å². The van der Waals surface area contributed by atoms with Crippen LogP contribution in [0.1, 0.15) is 40.2 Å². The monoisotopic (exact) mass is 394 g/mol. The van der Waals surface area contributed by atoms with Crippen molar-refractivity contribution in [2.45, 2.75) is 45.2 Å². The van der Waals surface area contributed by atoms with Gasteiger partial charge in [0, 0.05) is 23.1 Å². The maximum atomic E-state index is 6.24. The van der Waals surface area contributed by atoms with Gasteiger partial charge in [-0.1, -0.05) is 93.1 Å². The fraction of sp³-hybridized carbons (Fsp3) is 0.360. The predicted molar refractivity (Wildman–Crippen MR) is 122 cm³/mol. The van der Waals surface area contributed by atoms with Gasteiger partial charge in [0.1, 0.15) is 5.75 Å². The first kappa shape index (κ1) is 20.8. The van der Waals surface area contributed by atoms with E-state index in [1.807, 2.05) is 0 Å². The molecule has 0 heterocycles. The summed E-state index contributed by atoms with van der Waals surface area (Å²) in [6.07, 6.45) is 6.78. The molecule has 28 heavy (non-hydrogen) atoms. The van der Waals surface area contributed by atoms with E-state index in [2.05, 4.69) is 101 Å². The summed E-state index contributed by atoms with van der Waals surface area (Å²) in [7, 11) is 0.964. The van der Waals surface area contributed by atoms with Crippen LogP contribution in [0.5, 0.6) is 5.75 Å². The summed E-state index contributed by atoms with van der Waals surface area (Å²) < 4.78 is 11.5. The van der Waals surface area contributed by atoms with E-state index < -0.39 is 7.92 Å². The molecule has 0 N–H and O–H groups in total. The molecule has 0 aliphatic heterocycles. The van der Waals surface area contributed by atoms with Gasteiger partial charge < -0.3 is 9.47 Å². The fourth-order valence-electron chi connectivity index (χ4n) is 3.73. The number of ether oxygens (including phenoxy) is 2. The van der Waals surface area contributed by atoms with Crippen LogP contribution in [0.2, 0.25) is 0 Å². The topological polar surface area (TPSA) is 18.5 Å². The van der Waals surface area contributed by atoms with Gasteiger partial charge in [-0.25, -0.2) is 0 Å². The third kappa shape index (κ3) is 3.95. The molecule has 2 atom stereocenters. The average molecular weight is 394 g/mol. The largest absolute Gasteiger partial charge is 0.467 e. The van der Waals surface area contributed by atoms with Crippen molar-refractivity contribution in [3.63, 3.8) is 0 Å². The Kier molecular flexibility index (Phi) is 6.12. The van der Waals surface area contributed by atoms with Crippen molar-refractivity contribution in [3.05, 3.63) is 77.9 Å². The Hall–Kier alpha value is -1.89. The van der Waals surface area contributed by atoms with Crippen LogP contribution in [0.4, 0.5) is 0 Å². The summed E-state index contributed by atoms with van der Waals surface area (Å²) in [5, 5.41) is 2.58. The van der Waals surface area contributed by atoms with Crippen LogP contribution < -0.4 is 15.3 Å². The van der Waals surface area contributed by atoms with Gasteiger partial charge in [-0.3, -0.25) is 0 Å². The Morgan fingerprint density at radius 3 is 2.29 bits per heavy atom. The van der Waals surface area contributed by atoms with Gasteiger partial charge in [-0.05, 0) is 32.5 Å². The number of hydrogen-bond donors (Lipinski definition) is 0. The lowest BCUT2D eigenvalue weighted by Crippen LogP contribution is -2.32. The first-order valence-corrected chi connectivity index (χ1v) is 11.1. The van der Waals surface area contributed by atoms with Gasteiger partial charge in [-0.2, -0.15) is 0 Å². The second kappa shape index (κ2) is 8.23. The summed E-state index contributed by atoms with van der Waals surface area (Å²) in [5.41, 5.74) is 2.59. The second-order valence-corrected chi connectivity index (χ2v) is 11.1. The molecule has 0 saturated carbocycles. The number of allylic oxidation sites excluding steroid dienone is 4. The lowest BCUT2D eigenvalue weighted by Gasteiger charge is -2.37. The van der Waals surface area contributed by atoms with Gasteiger partial charge in [0.25, 0.3) is 0 Å². The minimum atomic E-state index is -0.710. The zero-order valence-electron chi connectivity index (χ0n) is 17.8. The summed E-state index contributed by atoms with van der Waals surface area (Å²) in [4.78, 5) is 0. The summed E-state index contributed by atoms with van der Waals surface area (Å²) in [6.45, 7) is 11.5. The smallest absolute Gasteiger partial charge is 0.188 e. The third-order valence-electron chi connectivity index (χ3n) is 5.41. The first-order chi connectivity index (χ1) is 13.3.